The lowest BCUT2D eigenvalue weighted by Crippen LogP contribution is -2.38. The average molecular weight is 375 g/mol. The van der Waals surface area contributed by atoms with E-state index in [-0.39, 0.29) is 23.7 Å². The maximum Gasteiger partial charge on any atom is 0.267 e. The lowest BCUT2D eigenvalue weighted by atomic mass is 10.1. The molecular weight excluding hydrogens is 356 g/mol. The quantitative estimate of drug-likeness (QED) is 0.741. The number of nitrogens with zero attached hydrogens (tertiary/aromatic N) is 3. The van der Waals surface area contributed by atoms with Gasteiger partial charge in [0.2, 0.25) is 5.91 Å². The predicted octanol–water partition coefficient (Wildman–Crippen LogP) is 2.92. The van der Waals surface area contributed by atoms with Gasteiger partial charge in [-0.25, -0.2) is 0 Å². The molecule has 0 unspecified atom stereocenters. The Morgan fingerprint density at radius 2 is 2.08 bits per heavy atom. The first kappa shape index (κ1) is 18.1. The van der Waals surface area contributed by atoms with Gasteiger partial charge in [-0.1, -0.05) is 41.9 Å². The van der Waals surface area contributed by atoms with E-state index >= 15 is 0 Å². The second-order valence-corrected chi connectivity index (χ2v) is 6.42. The molecule has 0 spiro atoms. The lowest BCUT2D eigenvalue weighted by molar-refractivity contribution is -0.124. The van der Waals surface area contributed by atoms with Gasteiger partial charge in [0.25, 0.3) is 11.3 Å². The summed E-state index contributed by atoms with van der Waals surface area (Å²) in [6.45, 7) is 5.47. The van der Waals surface area contributed by atoms with Crippen LogP contribution in [0.2, 0.25) is 5.02 Å². The van der Waals surface area contributed by atoms with Crippen LogP contribution in [-0.4, -0.2) is 20.6 Å². The molecule has 2 aromatic heterocycles. The zero-order valence-electron chi connectivity index (χ0n) is 14.7. The van der Waals surface area contributed by atoms with Crippen molar-refractivity contribution in [3.63, 3.8) is 0 Å². The normalized spacial score (nSPS) is 12.3. The van der Waals surface area contributed by atoms with Gasteiger partial charge >= 0.3 is 0 Å². The Morgan fingerprint density at radius 1 is 1.35 bits per heavy atom. The molecule has 1 atom stereocenters. The maximum absolute atomic E-state index is 12.9. The van der Waals surface area contributed by atoms with E-state index in [4.69, 9.17) is 16.1 Å². The van der Waals surface area contributed by atoms with Crippen molar-refractivity contribution in [1.82, 2.24) is 20.0 Å². The zero-order chi connectivity index (χ0) is 18.8. The predicted molar refractivity (Wildman–Crippen MR) is 98.2 cm³/mol. The Labute approximate surface area is 155 Å². The van der Waals surface area contributed by atoms with Crippen molar-refractivity contribution in [2.45, 2.75) is 39.8 Å². The topological polar surface area (TPSA) is 90.0 Å². The molecule has 1 amide bonds. The van der Waals surface area contributed by atoms with Gasteiger partial charge in [0.15, 0.2) is 0 Å². The third-order valence-electron chi connectivity index (χ3n) is 4.30. The molecule has 26 heavy (non-hydrogen) atoms. The Morgan fingerprint density at radius 3 is 2.77 bits per heavy atom. The molecule has 136 valence electrons. The lowest BCUT2D eigenvalue weighted by Gasteiger charge is -2.19. The Bertz CT molecular complexity index is 1020. The van der Waals surface area contributed by atoms with Gasteiger partial charge in [0.1, 0.15) is 17.3 Å². The highest BCUT2D eigenvalue weighted by atomic mass is 35.5. The van der Waals surface area contributed by atoms with Crippen LogP contribution in [0.15, 0.2) is 33.6 Å². The van der Waals surface area contributed by atoms with Crippen LogP contribution >= 0.6 is 11.6 Å². The molecule has 3 rings (SSSR count). The molecule has 2 heterocycles. The number of aromatic nitrogens is 3. The van der Waals surface area contributed by atoms with Crippen LogP contribution in [0.3, 0.4) is 0 Å². The number of aryl methyl sites for hydroxylation is 2. The summed E-state index contributed by atoms with van der Waals surface area (Å²) in [6.07, 6.45) is 0.437. The number of rotatable bonds is 5. The van der Waals surface area contributed by atoms with Crippen LogP contribution < -0.4 is 10.9 Å². The van der Waals surface area contributed by atoms with E-state index in [2.05, 4.69) is 15.5 Å². The van der Waals surface area contributed by atoms with Crippen molar-refractivity contribution < 1.29 is 9.32 Å². The van der Waals surface area contributed by atoms with Gasteiger partial charge in [-0.2, -0.15) is 4.98 Å². The van der Waals surface area contributed by atoms with Crippen molar-refractivity contribution in [2.24, 2.45) is 0 Å². The highest BCUT2D eigenvalue weighted by Gasteiger charge is 2.25. The minimum atomic E-state index is -0.684. The third kappa shape index (κ3) is 3.22. The Balaban J connectivity index is 1.92. The number of hydrogen-bond donors (Lipinski definition) is 1. The van der Waals surface area contributed by atoms with E-state index in [1.807, 2.05) is 25.1 Å². The second-order valence-electron chi connectivity index (χ2n) is 6.02. The summed E-state index contributed by atoms with van der Waals surface area (Å²) >= 11 is 6.13. The number of nitrogens with one attached hydrogen (secondary N) is 1. The number of halogens is 1. The molecule has 0 aliphatic rings. The summed E-state index contributed by atoms with van der Waals surface area (Å²) < 4.78 is 6.47. The van der Waals surface area contributed by atoms with E-state index in [0.717, 1.165) is 5.56 Å². The first-order chi connectivity index (χ1) is 12.4. The molecule has 0 saturated heterocycles. The fourth-order valence-electron chi connectivity index (χ4n) is 2.94. The summed E-state index contributed by atoms with van der Waals surface area (Å²) in [5, 5.41) is 7.52. The van der Waals surface area contributed by atoms with Gasteiger partial charge < -0.3 is 9.84 Å². The van der Waals surface area contributed by atoms with E-state index in [1.165, 1.54) is 4.57 Å². The molecule has 3 aromatic rings. The number of amides is 1. The first-order valence-corrected chi connectivity index (χ1v) is 8.68. The molecule has 0 radical (unpaired) electrons. The number of hydrogen-bond acceptors (Lipinski definition) is 5. The van der Waals surface area contributed by atoms with Gasteiger partial charge in [0, 0.05) is 11.6 Å². The highest BCUT2D eigenvalue weighted by Crippen LogP contribution is 2.18. The first-order valence-electron chi connectivity index (χ1n) is 8.30. The molecular formula is C18H19ClN4O3. The van der Waals surface area contributed by atoms with Crippen molar-refractivity contribution in [3.8, 4) is 0 Å². The van der Waals surface area contributed by atoms with Crippen molar-refractivity contribution in [3.05, 3.63) is 56.7 Å². The van der Waals surface area contributed by atoms with Gasteiger partial charge in [0.05, 0.1) is 5.69 Å². The zero-order valence-corrected chi connectivity index (χ0v) is 15.5. The summed E-state index contributed by atoms with van der Waals surface area (Å²) in [5.41, 5.74) is 1.13. The van der Waals surface area contributed by atoms with Crippen molar-refractivity contribution in [2.75, 3.05) is 0 Å². The number of carbonyl (C=O) groups excluding carboxylic acids is 1. The maximum atomic E-state index is 12.9. The fraction of sp³-hybridized carbons (Fsp3) is 0.333. The Kier molecular flexibility index (Phi) is 5.08. The smallest absolute Gasteiger partial charge is 0.267 e. The van der Waals surface area contributed by atoms with Crippen LogP contribution in [0.25, 0.3) is 11.1 Å². The molecule has 1 N–H and O–H groups in total. The van der Waals surface area contributed by atoms with E-state index in [0.29, 0.717) is 28.3 Å². The van der Waals surface area contributed by atoms with Crippen molar-refractivity contribution in [1.29, 1.82) is 0 Å². The Hall–Kier alpha value is -2.67. The van der Waals surface area contributed by atoms with E-state index < -0.39 is 6.04 Å². The molecule has 8 heteroatoms. The van der Waals surface area contributed by atoms with E-state index in [1.54, 1.807) is 19.9 Å². The summed E-state index contributed by atoms with van der Waals surface area (Å²) in [7, 11) is 0. The van der Waals surface area contributed by atoms with Gasteiger partial charge in [-0.3, -0.25) is 14.2 Å². The number of benzene rings is 1. The van der Waals surface area contributed by atoms with Crippen LogP contribution in [0, 0.1) is 13.8 Å². The standard InChI is InChI=1S/C18H19ClN4O3/c1-4-14(16(24)20-9-12-7-5-6-8-13(12)19)23-11(3)21-17-15(18(23)25)10(2)22-26-17/h5-8,14H,4,9H2,1-3H3,(H,20,24)/t14-/m0/s1. The second kappa shape index (κ2) is 7.29. The summed E-state index contributed by atoms with van der Waals surface area (Å²) in [4.78, 5) is 29.9. The molecule has 0 bridgehead atoms. The van der Waals surface area contributed by atoms with Crippen molar-refractivity contribution >= 4 is 28.6 Å². The molecule has 0 fully saturated rings. The number of carbonyl (C=O) groups is 1. The monoisotopic (exact) mass is 374 g/mol. The molecule has 7 nitrogen and oxygen atoms in total. The van der Waals surface area contributed by atoms with Gasteiger partial charge in [-0.05, 0) is 31.9 Å². The van der Waals surface area contributed by atoms with E-state index in [9.17, 15) is 9.59 Å². The molecule has 0 aliphatic carbocycles. The largest absolute Gasteiger partial charge is 0.350 e. The minimum Gasteiger partial charge on any atom is -0.350 e. The van der Waals surface area contributed by atoms with Crippen LogP contribution in [0.4, 0.5) is 0 Å². The fourth-order valence-corrected chi connectivity index (χ4v) is 3.15. The number of fused-ring (bicyclic) bond motifs is 1. The highest BCUT2D eigenvalue weighted by molar-refractivity contribution is 6.31. The SMILES string of the molecule is CC[C@@H](C(=O)NCc1ccccc1Cl)n1c(C)nc2onc(C)c2c1=O. The summed E-state index contributed by atoms with van der Waals surface area (Å²) in [6, 6.07) is 6.60. The summed E-state index contributed by atoms with van der Waals surface area (Å²) in [5.74, 6) is 0.131. The van der Waals surface area contributed by atoms with Crippen LogP contribution in [0.1, 0.15) is 36.5 Å². The van der Waals surface area contributed by atoms with Crippen LogP contribution in [-0.2, 0) is 11.3 Å². The molecule has 0 aliphatic heterocycles. The molecule has 1 aromatic carbocycles. The van der Waals surface area contributed by atoms with Crippen LogP contribution in [0.5, 0.6) is 0 Å². The average Bonchev–Trinajstić information content (AvgIpc) is 2.98. The van der Waals surface area contributed by atoms with Gasteiger partial charge in [-0.15, -0.1) is 0 Å². The minimum absolute atomic E-state index is 0.188. The molecule has 0 saturated carbocycles. The third-order valence-corrected chi connectivity index (χ3v) is 4.67.